The van der Waals surface area contributed by atoms with Gasteiger partial charge in [-0.15, -0.1) is 0 Å². The molecule has 0 aliphatic carbocycles. The van der Waals surface area contributed by atoms with Crippen LogP contribution in [0.1, 0.15) is 36.7 Å². The second-order valence-corrected chi connectivity index (χ2v) is 5.69. The van der Waals surface area contributed by atoms with Crippen LogP contribution in [0.25, 0.3) is 0 Å². The molecule has 1 fully saturated rings. The average molecular weight is 301 g/mol. The van der Waals surface area contributed by atoms with Gasteiger partial charge in [0.15, 0.2) is 0 Å². The summed E-state index contributed by atoms with van der Waals surface area (Å²) in [4.78, 5) is 12.2. The van der Waals surface area contributed by atoms with Gasteiger partial charge in [-0.05, 0) is 12.5 Å². The summed E-state index contributed by atoms with van der Waals surface area (Å²) in [5.41, 5.74) is -0.326. The maximum atomic E-state index is 12.2. The molecule has 0 aromatic carbocycles. The highest BCUT2D eigenvalue weighted by Crippen LogP contribution is 2.20. The third-order valence-corrected chi connectivity index (χ3v) is 3.77. The third-order valence-electron chi connectivity index (χ3n) is 3.56. The predicted octanol–water partition coefficient (Wildman–Crippen LogP) is 1.82. The van der Waals surface area contributed by atoms with Gasteiger partial charge in [0.05, 0.1) is 10.6 Å². The van der Waals surface area contributed by atoms with Gasteiger partial charge in [0.2, 0.25) is 0 Å². The Hall–Kier alpha value is -1.04. The molecule has 5 nitrogen and oxygen atoms in total. The molecule has 0 radical (unpaired) electrons. The normalized spacial score (nSPS) is 17.9. The van der Waals surface area contributed by atoms with Gasteiger partial charge in [-0.2, -0.15) is 0 Å². The molecule has 1 saturated heterocycles. The first kappa shape index (κ1) is 15.4. The Morgan fingerprint density at radius 2 is 2.25 bits per heavy atom. The fourth-order valence-electron chi connectivity index (χ4n) is 2.35. The molecule has 0 unspecified atom stereocenters. The third kappa shape index (κ3) is 3.75. The number of carbonyl (C=O) groups is 1. The Balaban J connectivity index is 1.97. The van der Waals surface area contributed by atoms with Crippen molar-refractivity contribution >= 4 is 17.5 Å². The van der Waals surface area contributed by atoms with E-state index in [-0.39, 0.29) is 12.5 Å². The van der Waals surface area contributed by atoms with E-state index in [1.54, 1.807) is 12.3 Å². The molecule has 0 atom stereocenters. The van der Waals surface area contributed by atoms with Gasteiger partial charge < -0.3 is 19.7 Å². The van der Waals surface area contributed by atoms with Crippen LogP contribution in [0.15, 0.2) is 12.3 Å². The summed E-state index contributed by atoms with van der Waals surface area (Å²) in [6.07, 6.45) is 3.77. The summed E-state index contributed by atoms with van der Waals surface area (Å²) < 4.78 is 7.06. The second kappa shape index (κ2) is 6.61. The largest absolute Gasteiger partial charge is 0.388 e. The molecule has 2 heterocycles. The summed E-state index contributed by atoms with van der Waals surface area (Å²) in [6.45, 7) is 4.09. The van der Waals surface area contributed by atoms with Crippen molar-refractivity contribution in [2.24, 2.45) is 0 Å². The van der Waals surface area contributed by atoms with Crippen LogP contribution in [-0.4, -0.2) is 40.9 Å². The number of nitrogens with zero attached hydrogens (tertiary/aromatic N) is 1. The number of hydrogen-bond acceptors (Lipinski definition) is 3. The lowest BCUT2D eigenvalue weighted by Crippen LogP contribution is -2.46. The number of carbonyl (C=O) groups excluding carboxylic acids is 1. The summed E-state index contributed by atoms with van der Waals surface area (Å²) >= 11 is 5.95. The Morgan fingerprint density at radius 1 is 1.55 bits per heavy atom. The van der Waals surface area contributed by atoms with E-state index < -0.39 is 5.60 Å². The van der Waals surface area contributed by atoms with Crippen LogP contribution in [0, 0.1) is 0 Å². The van der Waals surface area contributed by atoms with Gasteiger partial charge in [0.1, 0.15) is 5.69 Å². The van der Waals surface area contributed by atoms with Crippen LogP contribution >= 0.6 is 11.6 Å². The maximum Gasteiger partial charge on any atom is 0.268 e. The molecule has 2 rings (SSSR count). The predicted molar refractivity (Wildman–Crippen MR) is 77.1 cm³/mol. The summed E-state index contributed by atoms with van der Waals surface area (Å²) in [6, 6.07) is 1.65. The molecule has 20 heavy (non-hydrogen) atoms. The van der Waals surface area contributed by atoms with Crippen molar-refractivity contribution in [2.75, 3.05) is 19.8 Å². The van der Waals surface area contributed by atoms with Crippen LogP contribution in [0.3, 0.4) is 0 Å². The van der Waals surface area contributed by atoms with Crippen LogP contribution in [-0.2, 0) is 11.3 Å². The lowest BCUT2D eigenvalue weighted by atomic mass is 9.94. The molecule has 6 heteroatoms. The van der Waals surface area contributed by atoms with E-state index >= 15 is 0 Å². The van der Waals surface area contributed by atoms with Crippen LogP contribution in [0.2, 0.25) is 5.02 Å². The molecular weight excluding hydrogens is 280 g/mol. The minimum absolute atomic E-state index is 0.203. The fourth-order valence-corrected chi connectivity index (χ4v) is 2.58. The molecule has 1 aromatic heterocycles. The van der Waals surface area contributed by atoms with E-state index in [0.29, 0.717) is 36.8 Å². The molecule has 2 N–H and O–H groups in total. The van der Waals surface area contributed by atoms with Gasteiger partial charge in [-0.1, -0.05) is 18.5 Å². The Bertz CT molecular complexity index is 467. The van der Waals surface area contributed by atoms with Gasteiger partial charge in [0.25, 0.3) is 5.91 Å². The highest BCUT2D eigenvalue weighted by atomic mass is 35.5. The van der Waals surface area contributed by atoms with E-state index in [4.69, 9.17) is 16.3 Å². The Kier molecular flexibility index (Phi) is 5.07. The Morgan fingerprint density at radius 3 is 2.90 bits per heavy atom. The van der Waals surface area contributed by atoms with E-state index in [9.17, 15) is 9.90 Å². The van der Waals surface area contributed by atoms with Crippen LogP contribution < -0.4 is 5.32 Å². The molecule has 1 amide bonds. The summed E-state index contributed by atoms with van der Waals surface area (Å²) in [5.74, 6) is -0.203. The van der Waals surface area contributed by atoms with E-state index in [0.717, 1.165) is 13.0 Å². The molecule has 1 aromatic rings. The number of ether oxygens (including phenoxy) is 1. The molecule has 0 spiro atoms. The topological polar surface area (TPSA) is 63.5 Å². The minimum Gasteiger partial charge on any atom is -0.388 e. The standard InChI is InChI=1S/C14H21ClN2O3/c1-2-5-17-9-11(15)8-12(17)13(18)16-10-14(19)3-6-20-7-4-14/h8-9,19H,2-7,10H2,1H3,(H,16,18). The van der Waals surface area contributed by atoms with E-state index in [1.165, 1.54) is 0 Å². The molecule has 0 saturated carbocycles. The van der Waals surface area contributed by atoms with Crippen molar-refractivity contribution in [3.63, 3.8) is 0 Å². The Labute approximate surface area is 123 Å². The van der Waals surface area contributed by atoms with Gasteiger partial charge in [-0.3, -0.25) is 4.79 Å². The van der Waals surface area contributed by atoms with Crippen molar-refractivity contribution < 1.29 is 14.6 Å². The number of nitrogens with one attached hydrogen (secondary N) is 1. The maximum absolute atomic E-state index is 12.2. The zero-order valence-corrected chi connectivity index (χ0v) is 12.4. The lowest BCUT2D eigenvalue weighted by molar-refractivity contribution is -0.0605. The number of halogens is 1. The summed E-state index contributed by atoms with van der Waals surface area (Å²) in [7, 11) is 0. The number of aromatic nitrogens is 1. The highest BCUT2D eigenvalue weighted by molar-refractivity contribution is 6.31. The molecule has 0 bridgehead atoms. The molecular formula is C14H21ClN2O3. The molecule has 112 valence electrons. The van der Waals surface area contributed by atoms with Crippen molar-refractivity contribution in [2.45, 2.75) is 38.3 Å². The van der Waals surface area contributed by atoms with Gasteiger partial charge >= 0.3 is 0 Å². The zero-order chi connectivity index (χ0) is 14.6. The monoisotopic (exact) mass is 300 g/mol. The summed E-state index contributed by atoms with van der Waals surface area (Å²) in [5, 5.41) is 13.7. The van der Waals surface area contributed by atoms with Crippen molar-refractivity contribution in [1.82, 2.24) is 9.88 Å². The molecule has 1 aliphatic heterocycles. The second-order valence-electron chi connectivity index (χ2n) is 5.26. The first-order valence-corrected chi connectivity index (χ1v) is 7.36. The number of hydrogen-bond donors (Lipinski definition) is 2. The van der Waals surface area contributed by atoms with Gasteiger partial charge in [0, 0.05) is 45.3 Å². The number of amides is 1. The quantitative estimate of drug-likeness (QED) is 0.872. The number of rotatable bonds is 5. The lowest BCUT2D eigenvalue weighted by Gasteiger charge is -2.32. The van der Waals surface area contributed by atoms with Crippen molar-refractivity contribution in [3.8, 4) is 0 Å². The fraction of sp³-hybridized carbons (Fsp3) is 0.643. The number of aryl methyl sites for hydroxylation is 1. The first-order valence-electron chi connectivity index (χ1n) is 6.98. The number of aliphatic hydroxyl groups is 1. The van der Waals surface area contributed by atoms with Crippen LogP contribution in [0.4, 0.5) is 0 Å². The zero-order valence-electron chi connectivity index (χ0n) is 11.7. The minimum atomic E-state index is -0.861. The van der Waals surface area contributed by atoms with Crippen LogP contribution in [0.5, 0.6) is 0 Å². The van der Waals surface area contributed by atoms with E-state index in [2.05, 4.69) is 5.32 Å². The molecule has 1 aliphatic rings. The van der Waals surface area contributed by atoms with Crippen molar-refractivity contribution in [3.05, 3.63) is 23.0 Å². The smallest absolute Gasteiger partial charge is 0.268 e. The highest BCUT2D eigenvalue weighted by Gasteiger charge is 2.30. The average Bonchev–Trinajstić information content (AvgIpc) is 2.79. The van der Waals surface area contributed by atoms with Crippen molar-refractivity contribution in [1.29, 1.82) is 0 Å². The van der Waals surface area contributed by atoms with Gasteiger partial charge in [-0.25, -0.2) is 0 Å². The SMILES string of the molecule is CCCn1cc(Cl)cc1C(=O)NCC1(O)CCOCC1. The first-order chi connectivity index (χ1) is 9.54. The van der Waals surface area contributed by atoms with E-state index in [1.807, 2.05) is 11.5 Å².